The van der Waals surface area contributed by atoms with Gasteiger partial charge in [0.2, 0.25) is 0 Å². The first-order valence-electron chi connectivity index (χ1n) is 6.78. The number of imidazole rings is 1. The van der Waals surface area contributed by atoms with E-state index in [-0.39, 0.29) is 5.41 Å². The van der Waals surface area contributed by atoms with E-state index < -0.39 is 0 Å². The summed E-state index contributed by atoms with van der Waals surface area (Å²) in [5, 5.41) is 2.62. The first-order chi connectivity index (χ1) is 8.89. The largest absolute Gasteiger partial charge is 0.299 e. The van der Waals surface area contributed by atoms with Crippen LogP contribution in [-0.2, 0) is 5.41 Å². The molecule has 0 bridgehead atoms. The highest BCUT2D eigenvalue weighted by atomic mass is 79.9. The van der Waals surface area contributed by atoms with Gasteiger partial charge >= 0.3 is 0 Å². The van der Waals surface area contributed by atoms with Crippen LogP contribution in [-0.4, -0.2) is 9.38 Å². The van der Waals surface area contributed by atoms with Gasteiger partial charge in [0, 0.05) is 16.3 Å². The summed E-state index contributed by atoms with van der Waals surface area (Å²) in [5.74, 6) is 0. The number of aryl methyl sites for hydroxylation is 1. The average molecular weight is 319 g/mol. The molecule has 3 rings (SSSR count). The third-order valence-electron chi connectivity index (χ3n) is 3.78. The minimum Gasteiger partial charge on any atom is -0.299 e. The van der Waals surface area contributed by atoms with Gasteiger partial charge in [-0.1, -0.05) is 32.9 Å². The fourth-order valence-electron chi connectivity index (χ4n) is 2.77. The van der Waals surface area contributed by atoms with Gasteiger partial charge in [-0.15, -0.1) is 0 Å². The van der Waals surface area contributed by atoms with Crippen LogP contribution in [0.3, 0.4) is 0 Å². The van der Waals surface area contributed by atoms with Crippen LogP contribution in [0.25, 0.3) is 17.8 Å². The first kappa shape index (κ1) is 12.9. The Balaban J connectivity index is 2.59. The highest BCUT2D eigenvalue weighted by Gasteiger charge is 2.21. The molecule has 0 amide bonds. The molecule has 0 spiro atoms. The first-order valence-corrected chi connectivity index (χ1v) is 7.57. The smallest absolute Gasteiger partial charge is 0.146 e. The van der Waals surface area contributed by atoms with Gasteiger partial charge in [-0.05, 0) is 47.0 Å². The molecule has 0 aliphatic heterocycles. The summed E-state index contributed by atoms with van der Waals surface area (Å²) in [7, 11) is 0. The second kappa shape index (κ2) is 4.20. The Kier molecular flexibility index (Phi) is 2.86. The zero-order valence-electron chi connectivity index (χ0n) is 11.9. The van der Waals surface area contributed by atoms with Crippen molar-refractivity contribution in [2.45, 2.75) is 46.0 Å². The van der Waals surface area contributed by atoms with Gasteiger partial charge in [-0.3, -0.25) is 4.40 Å². The van der Waals surface area contributed by atoms with E-state index in [1.54, 1.807) is 0 Å². The van der Waals surface area contributed by atoms with Gasteiger partial charge in [0.15, 0.2) is 0 Å². The van der Waals surface area contributed by atoms with E-state index in [2.05, 4.69) is 66.2 Å². The molecule has 0 saturated heterocycles. The Hall–Kier alpha value is -1.09. The molecule has 0 radical (unpaired) electrons. The van der Waals surface area contributed by atoms with Gasteiger partial charge in [-0.25, -0.2) is 4.98 Å². The molecule has 0 fully saturated rings. The van der Waals surface area contributed by atoms with Gasteiger partial charge in [0.05, 0.1) is 5.69 Å². The maximum Gasteiger partial charge on any atom is 0.146 e. The molecule has 0 atom stereocenters. The standard InChI is InChI=1S/C16H19BrN2/c1-10-14(17)18-15-12-8-6-5-7-11(12)9-13(19(10)15)16(2,3)4/h7-9H,5-6H2,1-4H3. The molecule has 2 heterocycles. The lowest BCUT2D eigenvalue weighted by Crippen LogP contribution is -2.33. The molecular formula is C16H19BrN2. The molecule has 2 nitrogen and oxygen atoms in total. The Morgan fingerprint density at radius 1 is 1.21 bits per heavy atom. The van der Waals surface area contributed by atoms with Crippen LogP contribution in [0.15, 0.2) is 10.7 Å². The van der Waals surface area contributed by atoms with Crippen molar-refractivity contribution >= 4 is 33.7 Å². The topological polar surface area (TPSA) is 17.3 Å². The van der Waals surface area contributed by atoms with E-state index in [0.29, 0.717) is 0 Å². The molecule has 100 valence electrons. The number of rotatable bonds is 0. The number of fused-ring (bicyclic) bond motifs is 3. The zero-order chi connectivity index (χ0) is 13.8. The summed E-state index contributed by atoms with van der Waals surface area (Å²) in [6, 6.07) is 2.33. The summed E-state index contributed by atoms with van der Waals surface area (Å²) in [5.41, 5.74) is 3.69. The Morgan fingerprint density at radius 3 is 2.58 bits per heavy atom. The second-order valence-corrected chi connectivity index (χ2v) is 7.03. The molecule has 1 aliphatic carbocycles. The maximum atomic E-state index is 4.73. The molecule has 2 aromatic heterocycles. The molecule has 2 aromatic rings. The van der Waals surface area contributed by atoms with Crippen molar-refractivity contribution in [2.24, 2.45) is 0 Å². The normalized spacial score (nSPS) is 15.0. The third kappa shape index (κ3) is 1.95. The van der Waals surface area contributed by atoms with Crippen molar-refractivity contribution in [3.63, 3.8) is 0 Å². The molecule has 3 heteroatoms. The molecule has 0 aromatic carbocycles. The van der Waals surface area contributed by atoms with Crippen LogP contribution in [0.2, 0.25) is 0 Å². The van der Waals surface area contributed by atoms with Crippen molar-refractivity contribution in [3.8, 4) is 0 Å². The van der Waals surface area contributed by atoms with Gasteiger partial charge in [0.25, 0.3) is 0 Å². The minimum absolute atomic E-state index is 0.101. The molecular weight excluding hydrogens is 300 g/mol. The second-order valence-electron chi connectivity index (χ2n) is 6.28. The molecule has 19 heavy (non-hydrogen) atoms. The lowest BCUT2D eigenvalue weighted by molar-refractivity contribution is 0.557. The Morgan fingerprint density at radius 2 is 1.89 bits per heavy atom. The van der Waals surface area contributed by atoms with Crippen LogP contribution in [0.1, 0.15) is 45.0 Å². The number of halogens is 1. The van der Waals surface area contributed by atoms with Crippen molar-refractivity contribution in [1.29, 1.82) is 0 Å². The van der Waals surface area contributed by atoms with E-state index in [4.69, 9.17) is 4.98 Å². The van der Waals surface area contributed by atoms with Crippen LogP contribution in [0.5, 0.6) is 0 Å². The summed E-state index contributed by atoms with van der Waals surface area (Å²) < 4.78 is 3.25. The highest BCUT2D eigenvalue weighted by molar-refractivity contribution is 9.10. The summed E-state index contributed by atoms with van der Waals surface area (Å²) in [6.07, 6.45) is 6.90. The predicted octanol–water partition coefficient (Wildman–Crippen LogP) is 3.06. The quantitative estimate of drug-likeness (QED) is 0.729. The number of aromatic nitrogens is 2. The third-order valence-corrected chi connectivity index (χ3v) is 4.53. The van der Waals surface area contributed by atoms with E-state index >= 15 is 0 Å². The van der Waals surface area contributed by atoms with E-state index in [1.165, 1.54) is 21.8 Å². The number of pyridine rings is 1. The Bertz CT molecular complexity index is 776. The monoisotopic (exact) mass is 318 g/mol. The molecule has 1 aliphatic rings. The summed E-state index contributed by atoms with van der Waals surface area (Å²) >= 11 is 3.58. The number of hydrogen-bond donors (Lipinski definition) is 0. The summed E-state index contributed by atoms with van der Waals surface area (Å²) in [6.45, 7) is 8.90. The predicted molar refractivity (Wildman–Crippen MR) is 83.7 cm³/mol. The van der Waals surface area contributed by atoms with Crippen molar-refractivity contribution in [1.82, 2.24) is 9.38 Å². The lowest BCUT2D eigenvalue weighted by Gasteiger charge is -2.22. The molecule has 0 saturated carbocycles. The summed E-state index contributed by atoms with van der Waals surface area (Å²) in [4.78, 5) is 4.73. The average Bonchev–Trinajstić information content (AvgIpc) is 2.64. The van der Waals surface area contributed by atoms with Crippen molar-refractivity contribution < 1.29 is 0 Å². The highest BCUT2D eigenvalue weighted by Crippen LogP contribution is 2.25. The maximum absolute atomic E-state index is 4.73. The molecule has 0 unspecified atom stereocenters. The molecule has 0 N–H and O–H groups in total. The minimum atomic E-state index is 0.101. The van der Waals surface area contributed by atoms with Crippen LogP contribution in [0, 0.1) is 6.92 Å². The van der Waals surface area contributed by atoms with Gasteiger partial charge in [0.1, 0.15) is 10.3 Å². The lowest BCUT2D eigenvalue weighted by atomic mass is 9.90. The number of hydrogen-bond acceptors (Lipinski definition) is 1. The number of nitrogens with zero attached hydrogens (tertiary/aromatic N) is 2. The van der Waals surface area contributed by atoms with Crippen LogP contribution < -0.4 is 10.4 Å². The van der Waals surface area contributed by atoms with Crippen LogP contribution >= 0.6 is 15.9 Å². The van der Waals surface area contributed by atoms with Gasteiger partial charge in [-0.2, -0.15) is 0 Å². The van der Waals surface area contributed by atoms with Crippen LogP contribution in [0.4, 0.5) is 0 Å². The fourth-order valence-corrected chi connectivity index (χ4v) is 3.11. The van der Waals surface area contributed by atoms with E-state index in [1.807, 2.05) is 0 Å². The van der Waals surface area contributed by atoms with E-state index in [9.17, 15) is 0 Å². The fraction of sp³-hybridized carbons (Fsp3) is 0.438. The Labute approximate surface area is 122 Å². The van der Waals surface area contributed by atoms with Crippen molar-refractivity contribution in [2.75, 3.05) is 0 Å². The van der Waals surface area contributed by atoms with Crippen molar-refractivity contribution in [3.05, 3.63) is 32.5 Å². The zero-order valence-corrected chi connectivity index (χ0v) is 13.5. The van der Waals surface area contributed by atoms with Gasteiger partial charge < -0.3 is 0 Å². The SMILES string of the molecule is Cc1c(Br)nc2c3c(cc(C(C)(C)C)n12)=CCCC=3. The van der Waals surface area contributed by atoms with E-state index in [0.717, 1.165) is 23.1 Å².